The molecular formula is C27H28F3N9O. The van der Waals surface area contributed by atoms with Crippen LogP contribution in [0.2, 0.25) is 0 Å². The van der Waals surface area contributed by atoms with Crippen molar-refractivity contribution < 1.29 is 17.9 Å². The lowest BCUT2D eigenvalue weighted by Gasteiger charge is -2.53. The highest BCUT2D eigenvalue weighted by Gasteiger charge is 2.48. The van der Waals surface area contributed by atoms with Gasteiger partial charge in [0.2, 0.25) is 11.7 Å². The van der Waals surface area contributed by atoms with Gasteiger partial charge in [0.15, 0.2) is 0 Å². The quantitative estimate of drug-likeness (QED) is 0.356. The molecule has 13 heteroatoms. The summed E-state index contributed by atoms with van der Waals surface area (Å²) in [6.07, 6.45) is 6.08. The average molecular weight is 552 g/mol. The predicted molar refractivity (Wildman–Crippen MR) is 138 cm³/mol. The Morgan fingerprint density at radius 1 is 1.18 bits per heavy atom. The molecule has 0 spiro atoms. The van der Waals surface area contributed by atoms with Gasteiger partial charge in [-0.15, -0.1) is 0 Å². The molecule has 0 unspecified atom stereocenters. The summed E-state index contributed by atoms with van der Waals surface area (Å²) >= 11 is 0. The smallest absolute Gasteiger partial charge is 0.451 e. The number of fused-ring (bicyclic) bond motifs is 1. The van der Waals surface area contributed by atoms with Crippen LogP contribution in [0, 0.1) is 11.3 Å². The van der Waals surface area contributed by atoms with E-state index >= 15 is 0 Å². The van der Waals surface area contributed by atoms with Crippen LogP contribution in [0.15, 0.2) is 37.1 Å². The minimum Gasteiger partial charge on any atom is -0.474 e. The standard InChI is InChI=1S/C27H28F3N9O/c1-2-18-11-22(37-25(36-18)27(28,29)30)40-20-5-3-19(4-6-20)38-14-26(15-38,8-9-31)39-13-17(12-35-39)23-21-7-10-32-24(21)34-16-33-23/h7,10-13,16,19-20H,2-6,8,14-15H2,1H3,(H,32,33,34). The van der Waals surface area contributed by atoms with E-state index in [0.717, 1.165) is 35.1 Å². The summed E-state index contributed by atoms with van der Waals surface area (Å²) in [6.45, 7) is 3.14. The highest BCUT2D eigenvalue weighted by atomic mass is 19.4. The summed E-state index contributed by atoms with van der Waals surface area (Å²) in [4.78, 5) is 21.4. The Hall–Kier alpha value is -4.05. The number of nitriles is 1. The SMILES string of the molecule is CCc1cc(OC2CCC(N3CC(CC#N)(n4cc(-c5ncnc6[nH]ccc56)cn4)C3)CC2)nc(C(F)(F)F)n1. The van der Waals surface area contributed by atoms with E-state index in [0.29, 0.717) is 50.5 Å². The van der Waals surface area contributed by atoms with E-state index in [-0.39, 0.29) is 12.0 Å². The highest BCUT2D eigenvalue weighted by molar-refractivity contribution is 5.89. The van der Waals surface area contributed by atoms with E-state index < -0.39 is 17.5 Å². The van der Waals surface area contributed by atoms with E-state index in [1.165, 1.54) is 12.4 Å². The third-order valence-electron chi connectivity index (χ3n) is 7.92. The number of hydrogen-bond acceptors (Lipinski definition) is 8. The second-order valence-electron chi connectivity index (χ2n) is 10.5. The minimum absolute atomic E-state index is 0.0188. The van der Waals surface area contributed by atoms with Crippen molar-refractivity contribution in [2.45, 2.75) is 69.3 Å². The molecule has 5 heterocycles. The van der Waals surface area contributed by atoms with Gasteiger partial charge < -0.3 is 9.72 Å². The van der Waals surface area contributed by atoms with Gasteiger partial charge in [0.1, 0.15) is 23.6 Å². The Kier molecular flexibility index (Phi) is 6.66. The van der Waals surface area contributed by atoms with E-state index in [2.05, 4.69) is 41.0 Å². The average Bonchev–Trinajstić information content (AvgIpc) is 3.61. The number of H-pyrrole nitrogens is 1. The number of nitrogens with zero attached hydrogens (tertiary/aromatic N) is 8. The molecule has 10 nitrogen and oxygen atoms in total. The summed E-state index contributed by atoms with van der Waals surface area (Å²) in [5.74, 6) is -1.18. The van der Waals surface area contributed by atoms with Gasteiger partial charge in [0.25, 0.3) is 0 Å². The summed E-state index contributed by atoms with van der Waals surface area (Å²) in [6, 6.07) is 6.07. The van der Waals surface area contributed by atoms with Crippen molar-refractivity contribution in [3.05, 3.63) is 48.6 Å². The Balaban J connectivity index is 1.09. The lowest BCUT2D eigenvalue weighted by molar-refractivity contribution is -0.145. The summed E-state index contributed by atoms with van der Waals surface area (Å²) in [5, 5.41) is 15.2. The summed E-state index contributed by atoms with van der Waals surface area (Å²) in [5.41, 5.74) is 2.29. The maximum Gasteiger partial charge on any atom is 0.451 e. The zero-order valence-corrected chi connectivity index (χ0v) is 21.9. The minimum atomic E-state index is -4.62. The van der Waals surface area contributed by atoms with Crippen molar-refractivity contribution in [2.75, 3.05) is 13.1 Å². The van der Waals surface area contributed by atoms with Gasteiger partial charge in [0.05, 0.1) is 24.4 Å². The second kappa shape index (κ2) is 10.2. The van der Waals surface area contributed by atoms with Crippen LogP contribution in [0.5, 0.6) is 5.88 Å². The lowest BCUT2D eigenvalue weighted by atomic mass is 9.82. The molecule has 0 aromatic carbocycles. The molecule has 208 valence electrons. The number of rotatable bonds is 7. The molecule has 0 radical (unpaired) electrons. The molecule has 1 N–H and O–H groups in total. The third kappa shape index (κ3) is 4.88. The number of aromatic amines is 1. The van der Waals surface area contributed by atoms with Gasteiger partial charge in [-0.1, -0.05) is 6.92 Å². The first-order valence-electron chi connectivity index (χ1n) is 13.3. The van der Waals surface area contributed by atoms with E-state index in [9.17, 15) is 18.4 Å². The molecule has 40 heavy (non-hydrogen) atoms. The fraction of sp³-hybridized carbons (Fsp3) is 0.481. The molecule has 4 aromatic heterocycles. The van der Waals surface area contributed by atoms with Crippen LogP contribution in [0.3, 0.4) is 0 Å². The van der Waals surface area contributed by atoms with Gasteiger partial charge in [-0.05, 0) is 38.2 Å². The molecule has 4 aromatic rings. The number of aromatic nitrogens is 7. The molecule has 1 saturated heterocycles. The van der Waals surface area contributed by atoms with Crippen molar-refractivity contribution in [1.82, 2.24) is 39.6 Å². The fourth-order valence-electron chi connectivity index (χ4n) is 5.80. The van der Waals surface area contributed by atoms with Crippen molar-refractivity contribution in [3.8, 4) is 23.2 Å². The zero-order chi connectivity index (χ0) is 27.9. The number of likely N-dealkylation sites (tertiary alicyclic amines) is 1. The number of hydrogen-bond donors (Lipinski definition) is 1. The van der Waals surface area contributed by atoms with Crippen LogP contribution in [0.1, 0.15) is 50.5 Å². The number of nitrogens with one attached hydrogen (secondary N) is 1. The van der Waals surface area contributed by atoms with Gasteiger partial charge in [-0.3, -0.25) is 9.58 Å². The number of ether oxygens (including phenoxy) is 1. The molecule has 0 amide bonds. The first-order valence-corrected chi connectivity index (χ1v) is 13.3. The van der Waals surface area contributed by atoms with Crippen LogP contribution in [-0.4, -0.2) is 64.8 Å². The Bertz CT molecular complexity index is 1540. The Morgan fingerprint density at radius 3 is 2.70 bits per heavy atom. The largest absolute Gasteiger partial charge is 0.474 e. The highest BCUT2D eigenvalue weighted by Crippen LogP contribution is 2.39. The first-order chi connectivity index (χ1) is 19.3. The summed E-state index contributed by atoms with van der Waals surface area (Å²) < 4.78 is 47.4. The molecule has 2 fully saturated rings. The molecular weight excluding hydrogens is 523 g/mol. The van der Waals surface area contributed by atoms with Crippen molar-refractivity contribution in [2.24, 2.45) is 0 Å². The molecule has 0 atom stereocenters. The van der Waals surface area contributed by atoms with Crippen LogP contribution in [0.25, 0.3) is 22.3 Å². The van der Waals surface area contributed by atoms with Gasteiger partial charge >= 0.3 is 6.18 Å². The molecule has 1 aliphatic carbocycles. The van der Waals surface area contributed by atoms with Gasteiger partial charge in [0, 0.05) is 54.2 Å². The van der Waals surface area contributed by atoms with E-state index in [1.807, 2.05) is 23.1 Å². The molecule has 0 bridgehead atoms. The van der Waals surface area contributed by atoms with Crippen LogP contribution in [-0.2, 0) is 18.1 Å². The van der Waals surface area contributed by atoms with Crippen molar-refractivity contribution in [3.63, 3.8) is 0 Å². The van der Waals surface area contributed by atoms with E-state index in [4.69, 9.17) is 4.74 Å². The van der Waals surface area contributed by atoms with Crippen LogP contribution >= 0.6 is 0 Å². The number of aryl methyl sites for hydroxylation is 1. The van der Waals surface area contributed by atoms with Crippen molar-refractivity contribution in [1.29, 1.82) is 5.26 Å². The summed E-state index contributed by atoms with van der Waals surface area (Å²) in [7, 11) is 0. The number of alkyl halides is 3. The topological polar surface area (TPSA) is 121 Å². The molecule has 1 saturated carbocycles. The molecule has 1 aliphatic heterocycles. The molecule has 2 aliphatic rings. The maximum absolute atomic E-state index is 13.2. The van der Waals surface area contributed by atoms with Crippen molar-refractivity contribution >= 4 is 11.0 Å². The van der Waals surface area contributed by atoms with E-state index in [1.54, 1.807) is 13.1 Å². The molecule has 6 rings (SSSR count). The fourth-order valence-corrected chi connectivity index (χ4v) is 5.80. The second-order valence-corrected chi connectivity index (χ2v) is 10.5. The lowest BCUT2D eigenvalue weighted by Crippen LogP contribution is -2.65. The predicted octanol–water partition coefficient (Wildman–Crippen LogP) is 4.51. The Morgan fingerprint density at radius 2 is 1.98 bits per heavy atom. The Labute approximate surface area is 228 Å². The number of halogens is 3. The maximum atomic E-state index is 13.2. The third-order valence-corrected chi connectivity index (χ3v) is 7.92. The normalized spacial score (nSPS) is 21.2. The van der Waals surface area contributed by atoms with Crippen LogP contribution in [0.4, 0.5) is 13.2 Å². The monoisotopic (exact) mass is 551 g/mol. The first kappa shape index (κ1) is 26.2. The van der Waals surface area contributed by atoms with Gasteiger partial charge in [-0.25, -0.2) is 15.0 Å². The van der Waals surface area contributed by atoms with Crippen LogP contribution < -0.4 is 4.74 Å². The van der Waals surface area contributed by atoms with Gasteiger partial charge in [-0.2, -0.15) is 28.5 Å². The zero-order valence-electron chi connectivity index (χ0n) is 21.9.